The van der Waals surface area contributed by atoms with Gasteiger partial charge in [-0.25, -0.2) is 4.79 Å². The third-order valence-electron chi connectivity index (χ3n) is 5.05. The van der Waals surface area contributed by atoms with Crippen LogP contribution in [0.15, 0.2) is 27.5 Å². The lowest BCUT2D eigenvalue weighted by atomic mass is 9.96. The molecule has 0 radical (unpaired) electrons. The molecule has 1 saturated heterocycles. The SMILES string of the molecule is COC(=O)c1cc2[nH]c(=O)c3c(C)cc(C4CCOCC4)n3c2cc1Br. The second-order valence-electron chi connectivity index (χ2n) is 6.62. The highest BCUT2D eigenvalue weighted by molar-refractivity contribution is 9.10. The topological polar surface area (TPSA) is 72.8 Å². The largest absolute Gasteiger partial charge is 0.465 e. The van der Waals surface area contributed by atoms with E-state index in [1.165, 1.54) is 7.11 Å². The van der Waals surface area contributed by atoms with Crippen LogP contribution < -0.4 is 5.56 Å². The zero-order chi connectivity index (χ0) is 18.4. The van der Waals surface area contributed by atoms with Gasteiger partial charge in [-0.05, 0) is 59.5 Å². The summed E-state index contributed by atoms with van der Waals surface area (Å²) in [5.41, 5.74) is 4.40. The number of aryl methyl sites for hydroxylation is 1. The number of halogens is 1. The van der Waals surface area contributed by atoms with Crippen molar-refractivity contribution in [1.82, 2.24) is 9.38 Å². The minimum Gasteiger partial charge on any atom is -0.465 e. The molecule has 0 spiro atoms. The first-order valence-corrected chi connectivity index (χ1v) is 9.34. The summed E-state index contributed by atoms with van der Waals surface area (Å²) >= 11 is 3.46. The minimum atomic E-state index is -0.451. The lowest BCUT2D eigenvalue weighted by molar-refractivity contribution is 0.0600. The quantitative estimate of drug-likeness (QED) is 0.646. The molecule has 1 aromatic carbocycles. The van der Waals surface area contributed by atoms with Crippen molar-refractivity contribution in [3.05, 3.63) is 49.8 Å². The maximum absolute atomic E-state index is 12.7. The van der Waals surface area contributed by atoms with Gasteiger partial charge in [-0.3, -0.25) is 4.79 Å². The van der Waals surface area contributed by atoms with E-state index in [9.17, 15) is 9.59 Å². The van der Waals surface area contributed by atoms with Gasteiger partial charge in [0.05, 0.1) is 23.7 Å². The molecule has 3 aromatic rings. The molecule has 0 unspecified atom stereocenters. The molecule has 136 valence electrons. The van der Waals surface area contributed by atoms with E-state index in [2.05, 4.69) is 27.0 Å². The summed E-state index contributed by atoms with van der Waals surface area (Å²) in [6, 6.07) is 5.63. The van der Waals surface area contributed by atoms with E-state index in [0.717, 1.165) is 42.8 Å². The molecule has 0 aliphatic carbocycles. The number of aromatic nitrogens is 2. The minimum absolute atomic E-state index is 0.161. The summed E-state index contributed by atoms with van der Waals surface area (Å²) in [5.74, 6) is -0.109. The molecule has 0 atom stereocenters. The Morgan fingerprint density at radius 3 is 2.73 bits per heavy atom. The van der Waals surface area contributed by atoms with Crippen LogP contribution in [0.2, 0.25) is 0 Å². The van der Waals surface area contributed by atoms with E-state index in [1.54, 1.807) is 6.07 Å². The molecule has 7 heteroatoms. The second-order valence-corrected chi connectivity index (χ2v) is 7.47. The highest BCUT2D eigenvalue weighted by atomic mass is 79.9. The molecule has 0 amide bonds. The fraction of sp³-hybridized carbons (Fsp3) is 0.368. The number of H-pyrrole nitrogens is 1. The number of nitrogens with one attached hydrogen (secondary N) is 1. The average Bonchev–Trinajstić information content (AvgIpc) is 3.00. The summed E-state index contributed by atoms with van der Waals surface area (Å²) in [5, 5.41) is 0. The van der Waals surface area contributed by atoms with Crippen LogP contribution in [0.5, 0.6) is 0 Å². The number of nitrogens with zero attached hydrogens (tertiary/aromatic N) is 1. The lowest BCUT2D eigenvalue weighted by Crippen LogP contribution is -2.18. The monoisotopic (exact) mass is 418 g/mol. The predicted octanol–water partition coefficient (Wildman–Crippen LogP) is 3.53. The van der Waals surface area contributed by atoms with Gasteiger partial charge in [-0.1, -0.05) is 0 Å². The Hall–Kier alpha value is -2.12. The number of benzene rings is 1. The van der Waals surface area contributed by atoms with Crippen molar-refractivity contribution in [3.8, 4) is 0 Å². The molecule has 3 heterocycles. The number of hydrogen-bond donors (Lipinski definition) is 1. The molecule has 1 fully saturated rings. The molecule has 26 heavy (non-hydrogen) atoms. The third kappa shape index (κ3) is 2.66. The van der Waals surface area contributed by atoms with Crippen molar-refractivity contribution in [2.45, 2.75) is 25.7 Å². The van der Waals surface area contributed by atoms with Gasteiger partial charge in [-0.2, -0.15) is 0 Å². The Labute approximate surface area is 158 Å². The zero-order valence-electron chi connectivity index (χ0n) is 14.6. The Kier molecular flexibility index (Phi) is 4.36. The first-order chi connectivity index (χ1) is 12.5. The molecule has 1 aliphatic rings. The number of fused-ring (bicyclic) bond motifs is 3. The van der Waals surface area contributed by atoms with Crippen LogP contribution >= 0.6 is 15.9 Å². The number of rotatable bonds is 2. The van der Waals surface area contributed by atoms with Gasteiger partial charge in [-0.15, -0.1) is 0 Å². The van der Waals surface area contributed by atoms with Crippen molar-refractivity contribution >= 4 is 38.4 Å². The lowest BCUT2D eigenvalue weighted by Gasteiger charge is -2.22. The fourth-order valence-corrected chi connectivity index (χ4v) is 4.28. The molecular formula is C19H19BrN2O4. The first-order valence-electron chi connectivity index (χ1n) is 8.54. The normalized spacial score (nSPS) is 15.7. The Morgan fingerprint density at radius 1 is 1.31 bits per heavy atom. The molecule has 0 saturated carbocycles. The molecular weight excluding hydrogens is 400 g/mol. The number of methoxy groups -OCH3 is 1. The van der Waals surface area contributed by atoms with Crippen LogP contribution in [-0.4, -0.2) is 35.7 Å². The molecule has 1 N–H and O–H groups in total. The van der Waals surface area contributed by atoms with E-state index in [1.807, 2.05) is 17.4 Å². The summed E-state index contributed by atoms with van der Waals surface area (Å²) in [6.45, 7) is 3.42. The summed E-state index contributed by atoms with van der Waals surface area (Å²) in [6.07, 6.45) is 1.86. The molecule has 0 bridgehead atoms. The van der Waals surface area contributed by atoms with Crippen LogP contribution in [-0.2, 0) is 9.47 Å². The molecule has 4 rings (SSSR count). The number of hydrogen-bond acceptors (Lipinski definition) is 4. The van der Waals surface area contributed by atoms with Crippen LogP contribution in [0.1, 0.15) is 40.4 Å². The van der Waals surface area contributed by atoms with Crippen molar-refractivity contribution in [3.63, 3.8) is 0 Å². The Morgan fingerprint density at radius 2 is 2.04 bits per heavy atom. The van der Waals surface area contributed by atoms with E-state index < -0.39 is 5.97 Å². The standard InChI is InChI=1S/C19H19BrN2O4/c1-10-7-15(11-3-5-26-6-4-11)22-16-9-13(20)12(19(24)25-2)8-14(16)21-18(23)17(10)22/h7-9,11H,3-6H2,1-2H3,(H,21,23). The van der Waals surface area contributed by atoms with Gasteiger partial charge in [0.2, 0.25) is 0 Å². The first kappa shape index (κ1) is 17.3. The highest BCUT2D eigenvalue weighted by Gasteiger charge is 2.23. The Bertz CT molecular complexity index is 1080. The summed E-state index contributed by atoms with van der Waals surface area (Å²) in [7, 11) is 1.34. The van der Waals surface area contributed by atoms with E-state index >= 15 is 0 Å². The van der Waals surface area contributed by atoms with Gasteiger partial charge in [0.15, 0.2) is 0 Å². The third-order valence-corrected chi connectivity index (χ3v) is 5.71. The van der Waals surface area contributed by atoms with Crippen molar-refractivity contribution < 1.29 is 14.3 Å². The summed E-state index contributed by atoms with van der Waals surface area (Å²) in [4.78, 5) is 27.6. The van der Waals surface area contributed by atoms with Crippen molar-refractivity contribution in [2.75, 3.05) is 20.3 Å². The highest BCUT2D eigenvalue weighted by Crippen LogP contribution is 2.32. The number of carbonyl (C=O) groups excluding carboxylic acids is 1. The van der Waals surface area contributed by atoms with Gasteiger partial charge < -0.3 is 18.9 Å². The zero-order valence-corrected chi connectivity index (χ0v) is 16.2. The molecule has 1 aliphatic heterocycles. The van der Waals surface area contributed by atoms with E-state index in [0.29, 0.717) is 27.0 Å². The van der Waals surface area contributed by atoms with Crippen LogP contribution in [0.4, 0.5) is 0 Å². The maximum atomic E-state index is 12.7. The van der Waals surface area contributed by atoms with Gasteiger partial charge in [0, 0.05) is 29.3 Å². The number of ether oxygens (including phenoxy) is 2. The average molecular weight is 419 g/mol. The number of esters is 1. The maximum Gasteiger partial charge on any atom is 0.339 e. The summed E-state index contributed by atoms with van der Waals surface area (Å²) < 4.78 is 13.0. The van der Waals surface area contributed by atoms with Gasteiger partial charge in [0.1, 0.15) is 5.52 Å². The fourth-order valence-electron chi connectivity index (χ4n) is 3.79. The van der Waals surface area contributed by atoms with Gasteiger partial charge >= 0.3 is 5.97 Å². The number of aromatic amines is 1. The second kappa shape index (κ2) is 6.55. The Balaban J connectivity index is 2.05. The van der Waals surface area contributed by atoms with Crippen LogP contribution in [0.3, 0.4) is 0 Å². The van der Waals surface area contributed by atoms with E-state index in [4.69, 9.17) is 9.47 Å². The predicted molar refractivity (Wildman–Crippen MR) is 102 cm³/mol. The smallest absolute Gasteiger partial charge is 0.339 e. The van der Waals surface area contributed by atoms with Crippen LogP contribution in [0, 0.1) is 6.92 Å². The van der Waals surface area contributed by atoms with E-state index in [-0.39, 0.29) is 5.56 Å². The van der Waals surface area contributed by atoms with Crippen LogP contribution in [0.25, 0.3) is 16.6 Å². The van der Waals surface area contributed by atoms with Gasteiger partial charge in [0.25, 0.3) is 5.56 Å². The molecule has 6 nitrogen and oxygen atoms in total. The molecule has 2 aromatic heterocycles. The van der Waals surface area contributed by atoms with Crippen molar-refractivity contribution in [1.29, 1.82) is 0 Å². The van der Waals surface area contributed by atoms with Crippen molar-refractivity contribution in [2.24, 2.45) is 0 Å². The number of carbonyl (C=O) groups is 1.